The molecule has 45 heavy (non-hydrogen) atoms. The van der Waals surface area contributed by atoms with Crippen molar-refractivity contribution in [3.05, 3.63) is 146 Å². The topological polar surface area (TPSA) is 38.9 Å². The molecule has 10 aromatic rings. The van der Waals surface area contributed by atoms with Gasteiger partial charge in [0.05, 0.1) is 22.9 Å². The number of rotatable bonds is 2. The lowest BCUT2D eigenvalue weighted by molar-refractivity contribution is 0.670. The third-order valence-corrected chi connectivity index (χ3v) is 9.30. The van der Waals surface area contributed by atoms with Gasteiger partial charge < -0.3 is 4.42 Å². The normalized spacial score (nSPS) is 12.0. The van der Waals surface area contributed by atoms with Crippen LogP contribution < -0.4 is 0 Å². The molecule has 0 aliphatic heterocycles. The van der Waals surface area contributed by atoms with Gasteiger partial charge in [0.2, 0.25) is 0 Å². The van der Waals surface area contributed by atoms with Crippen LogP contribution in [0.2, 0.25) is 0 Å². The largest absolute Gasteiger partial charge is 0.455 e. The van der Waals surface area contributed by atoms with Crippen molar-refractivity contribution in [1.82, 2.24) is 9.97 Å². The lowest BCUT2D eigenvalue weighted by Gasteiger charge is -2.13. The number of furan rings is 1. The minimum atomic E-state index is 0.860. The molecule has 0 amide bonds. The third-order valence-electron chi connectivity index (χ3n) is 9.30. The fourth-order valence-electron chi connectivity index (χ4n) is 7.29. The number of hydrogen-bond donors (Lipinski definition) is 0. The molecule has 0 fully saturated rings. The second-order valence-corrected chi connectivity index (χ2v) is 11.7. The molecule has 0 aliphatic rings. The van der Waals surface area contributed by atoms with E-state index in [4.69, 9.17) is 14.4 Å². The molecule has 3 nitrogen and oxygen atoms in total. The van der Waals surface area contributed by atoms with Crippen molar-refractivity contribution in [3.63, 3.8) is 0 Å². The van der Waals surface area contributed by atoms with E-state index in [-0.39, 0.29) is 0 Å². The van der Waals surface area contributed by atoms with Gasteiger partial charge >= 0.3 is 0 Å². The highest BCUT2D eigenvalue weighted by Gasteiger charge is 2.18. The zero-order chi connectivity index (χ0) is 29.5. The minimum Gasteiger partial charge on any atom is -0.455 e. The fraction of sp³-hybridized carbons (Fsp3) is 0. The SMILES string of the molecule is c1ccc2c(c1)ccc1oc3c(-c4ccc(-c5cnc6c7ccccc7c7ccccc7c6n5)c5ccccc45)cccc3c12. The predicted molar refractivity (Wildman–Crippen MR) is 188 cm³/mol. The summed E-state index contributed by atoms with van der Waals surface area (Å²) in [6, 6.07) is 49.2. The molecule has 3 heteroatoms. The molecule has 0 atom stereocenters. The van der Waals surface area contributed by atoms with E-state index in [1.165, 1.54) is 21.5 Å². The molecule has 0 unspecified atom stereocenters. The second-order valence-electron chi connectivity index (χ2n) is 11.7. The third kappa shape index (κ3) is 3.46. The molecule has 0 radical (unpaired) electrons. The molecule has 208 valence electrons. The summed E-state index contributed by atoms with van der Waals surface area (Å²) in [5.41, 5.74) is 7.80. The molecule has 0 N–H and O–H groups in total. The summed E-state index contributed by atoms with van der Waals surface area (Å²) >= 11 is 0. The lowest BCUT2D eigenvalue weighted by atomic mass is 9.92. The van der Waals surface area contributed by atoms with Gasteiger partial charge in [-0.25, -0.2) is 4.98 Å². The van der Waals surface area contributed by atoms with Crippen LogP contribution in [0.5, 0.6) is 0 Å². The second kappa shape index (κ2) is 9.22. The molecule has 10 rings (SSSR count). The first kappa shape index (κ1) is 24.4. The highest BCUT2D eigenvalue weighted by Crippen LogP contribution is 2.43. The molecule has 2 aromatic heterocycles. The van der Waals surface area contributed by atoms with Crippen molar-refractivity contribution in [2.24, 2.45) is 0 Å². The van der Waals surface area contributed by atoms with Crippen LogP contribution >= 0.6 is 0 Å². The van der Waals surface area contributed by atoms with Crippen molar-refractivity contribution < 1.29 is 4.42 Å². The van der Waals surface area contributed by atoms with Gasteiger partial charge in [-0.1, -0.05) is 133 Å². The van der Waals surface area contributed by atoms with E-state index < -0.39 is 0 Å². The molecule has 8 aromatic carbocycles. The van der Waals surface area contributed by atoms with Gasteiger partial charge in [0.25, 0.3) is 0 Å². The maximum absolute atomic E-state index is 6.61. The monoisotopic (exact) mass is 572 g/mol. The first-order valence-corrected chi connectivity index (χ1v) is 15.3. The first-order chi connectivity index (χ1) is 22.3. The van der Waals surface area contributed by atoms with Crippen LogP contribution in [-0.4, -0.2) is 9.97 Å². The van der Waals surface area contributed by atoms with Crippen LogP contribution in [0.4, 0.5) is 0 Å². The maximum Gasteiger partial charge on any atom is 0.143 e. The van der Waals surface area contributed by atoms with Gasteiger partial charge in [-0.2, -0.15) is 0 Å². The van der Waals surface area contributed by atoms with Gasteiger partial charge in [0, 0.05) is 32.7 Å². The Morgan fingerprint density at radius 2 is 1.00 bits per heavy atom. The molecular weight excluding hydrogens is 548 g/mol. The summed E-state index contributed by atoms with van der Waals surface area (Å²) < 4.78 is 6.61. The maximum atomic E-state index is 6.61. The number of aromatic nitrogens is 2. The average molecular weight is 573 g/mol. The van der Waals surface area contributed by atoms with E-state index in [1.54, 1.807) is 0 Å². The number of para-hydroxylation sites is 1. The molecule has 0 aliphatic carbocycles. The number of nitrogens with zero attached hydrogens (tertiary/aromatic N) is 2. The van der Waals surface area contributed by atoms with Crippen molar-refractivity contribution in [2.45, 2.75) is 0 Å². The number of fused-ring (bicyclic) bond motifs is 12. The molecule has 0 saturated heterocycles. The quantitative estimate of drug-likeness (QED) is 0.193. The van der Waals surface area contributed by atoms with Crippen LogP contribution in [0.1, 0.15) is 0 Å². The van der Waals surface area contributed by atoms with Crippen LogP contribution in [0.15, 0.2) is 150 Å². The Labute approximate surface area is 258 Å². The minimum absolute atomic E-state index is 0.860. The van der Waals surface area contributed by atoms with Crippen LogP contribution in [-0.2, 0) is 0 Å². The highest BCUT2D eigenvalue weighted by molar-refractivity contribution is 6.24. The zero-order valence-corrected chi connectivity index (χ0v) is 24.2. The van der Waals surface area contributed by atoms with E-state index in [1.807, 2.05) is 6.20 Å². The molecular formula is C42H24N2O. The number of benzene rings is 8. The zero-order valence-electron chi connectivity index (χ0n) is 24.2. The Balaban J connectivity index is 1.22. The molecule has 0 spiro atoms. The van der Waals surface area contributed by atoms with Gasteiger partial charge in [0.1, 0.15) is 11.2 Å². The van der Waals surface area contributed by atoms with Gasteiger partial charge in [-0.05, 0) is 43.9 Å². The van der Waals surface area contributed by atoms with E-state index in [0.29, 0.717) is 0 Å². The Hall–Kier alpha value is -6.06. The van der Waals surface area contributed by atoms with E-state index in [0.717, 1.165) is 76.9 Å². The Morgan fingerprint density at radius 3 is 1.78 bits per heavy atom. The summed E-state index contributed by atoms with van der Waals surface area (Å²) in [6.45, 7) is 0. The van der Waals surface area contributed by atoms with Crippen molar-refractivity contribution >= 4 is 76.1 Å². The standard InChI is InChI=1S/C42H24N2O/c1-2-11-26-25(10-1)20-23-38-39(26)36-19-9-18-35(42(36)45-38)31-21-22-32(28-13-4-3-12-27(28)31)37-24-43-40-33-16-7-5-14-29(33)30-15-6-8-17-34(30)41(40)44-37/h1-24H. The summed E-state index contributed by atoms with van der Waals surface area (Å²) in [4.78, 5) is 10.3. The smallest absolute Gasteiger partial charge is 0.143 e. The van der Waals surface area contributed by atoms with E-state index in [9.17, 15) is 0 Å². The Bertz CT molecular complexity index is 2790. The summed E-state index contributed by atoms with van der Waals surface area (Å²) in [5, 5.41) is 11.6. The van der Waals surface area contributed by atoms with Gasteiger partial charge in [-0.3, -0.25) is 4.98 Å². The predicted octanol–water partition coefficient (Wildman–Crippen LogP) is 11.5. The Morgan fingerprint density at radius 1 is 0.400 bits per heavy atom. The molecule has 0 saturated carbocycles. The van der Waals surface area contributed by atoms with Gasteiger partial charge in [-0.15, -0.1) is 0 Å². The fourth-order valence-corrected chi connectivity index (χ4v) is 7.29. The van der Waals surface area contributed by atoms with E-state index >= 15 is 0 Å². The van der Waals surface area contributed by atoms with Crippen molar-refractivity contribution in [1.29, 1.82) is 0 Å². The van der Waals surface area contributed by atoms with Crippen LogP contribution in [0.25, 0.3) is 98.4 Å². The van der Waals surface area contributed by atoms with E-state index in [2.05, 4.69) is 140 Å². The van der Waals surface area contributed by atoms with Gasteiger partial charge in [0.15, 0.2) is 0 Å². The lowest BCUT2D eigenvalue weighted by Crippen LogP contribution is -1.93. The van der Waals surface area contributed by atoms with Crippen molar-refractivity contribution in [3.8, 4) is 22.4 Å². The van der Waals surface area contributed by atoms with Crippen LogP contribution in [0, 0.1) is 0 Å². The molecule has 0 bridgehead atoms. The Kier molecular flexibility index (Phi) is 5.00. The average Bonchev–Trinajstić information content (AvgIpc) is 3.51. The highest BCUT2D eigenvalue weighted by atomic mass is 16.3. The molecule has 2 heterocycles. The first-order valence-electron chi connectivity index (χ1n) is 15.3. The summed E-state index contributed by atoms with van der Waals surface area (Å²) in [7, 11) is 0. The number of hydrogen-bond acceptors (Lipinski definition) is 3. The van der Waals surface area contributed by atoms with Crippen molar-refractivity contribution in [2.75, 3.05) is 0 Å². The van der Waals surface area contributed by atoms with Crippen LogP contribution in [0.3, 0.4) is 0 Å². The summed E-state index contributed by atoms with van der Waals surface area (Å²) in [6.07, 6.45) is 1.93. The summed E-state index contributed by atoms with van der Waals surface area (Å²) in [5.74, 6) is 0.